The Labute approximate surface area is 109 Å². The number of alkyl carbamates (subject to hydrolysis) is 1. The van der Waals surface area contributed by atoms with Crippen molar-refractivity contribution in [3.63, 3.8) is 0 Å². The number of hydrogen-bond donors (Lipinski definition) is 1. The quantitative estimate of drug-likeness (QED) is 0.897. The normalized spacial score (nSPS) is 11.7. The minimum atomic E-state index is -0.475. The highest BCUT2D eigenvalue weighted by atomic mass is 16.6. The van der Waals surface area contributed by atoms with Crippen molar-refractivity contribution in [2.75, 3.05) is 0 Å². The van der Waals surface area contributed by atoms with Crippen LogP contribution in [0.3, 0.4) is 0 Å². The predicted octanol–water partition coefficient (Wildman–Crippen LogP) is 2.56. The van der Waals surface area contributed by atoms with Crippen molar-refractivity contribution in [3.8, 4) is 0 Å². The first kappa shape index (κ1) is 14.5. The maximum absolute atomic E-state index is 11.5. The summed E-state index contributed by atoms with van der Waals surface area (Å²) in [6.07, 6.45) is 3.25. The highest BCUT2D eigenvalue weighted by Gasteiger charge is 2.16. The van der Waals surface area contributed by atoms with Gasteiger partial charge in [-0.3, -0.25) is 0 Å². The Balaban J connectivity index is 2.48. The Bertz CT molecular complexity index is 391. The third kappa shape index (κ3) is 5.21. The van der Waals surface area contributed by atoms with Crippen LogP contribution in [0.4, 0.5) is 4.79 Å². The molecule has 1 amide bonds. The van der Waals surface area contributed by atoms with E-state index in [1.165, 1.54) is 0 Å². The first-order chi connectivity index (χ1) is 8.28. The van der Waals surface area contributed by atoms with Gasteiger partial charge in [-0.05, 0) is 26.7 Å². The van der Waals surface area contributed by atoms with Crippen LogP contribution in [0.1, 0.15) is 40.4 Å². The summed E-state index contributed by atoms with van der Waals surface area (Å²) in [7, 11) is 0. The Hall–Kier alpha value is -1.52. The second-order valence-corrected chi connectivity index (χ2v) is 5.75. The monoisotopic (exact) mass is 253 g/mol. The molecule has 0 radical (unpaired) electrons. The van der Waals surface area contributed by atoms with Crippen LogP contribution in [-0.2, 0) is 17.8 Å². The standard InChI is InChI=1S/C13H23N3O2/c1-10(2)9-16-7-6-14-11(16)8-15-12(17)18-13(3,4)5/h6-7,10H,8-9H2,1-5H3,(H,15,17). The van der Waals surface area contributed by atoms with E-state index < -0.39 is 11.7 Å². The average molecular weight is 253 g/mol. The highest BCUT2D eigenvalue weighted by molar-refractivity contribution is 5.67. The topological polar surface area (TPSA) is 56.2 Å². The molecule has 0 aliphatic heterocycles. The van der Waals surface area contributed by atoms with Crippen molar-refractivity contribution in [3.05, 3.63) is 18.2 Å². The van der Waals surface area contributed by atoms with Crippen molar-refractivity contribution in [1.82, 2.24) is 14.9 Å². The first-order valence-electron chi connectivity index (χ1n) is 6.25. The smallest absolute Gasteiger partial charge is 0.408 e. The summed E-state index contributed by atoms with van der Waals surface area (Å²) in [6, 6.07) is 0. The number of nitrogens with zero attached hydrogens (tertiary/aromatic N) is 2. The van der Waals surface area contributed by atoms with Crippen molar-refractivity contribution < 1.29 is 9.53 Å². The Morgan fingerprint density at radius 1 is 1.50 bits per heavy atom. The van der Waals surface area contributed by atoms with Gasteiger partial charge in [0.05, 0.1) is 6.54 Å². The van der Waals surface area contributed by atoms with Gasteiger partial charge in [-0.25, -0.2) is 9.78 Å². The van der Waals surface area contributed by atoms with E-state index in [1.807, 2.05) is 31.5 Å². The van der Waals surface area contributed by atoms with Gasteiger partial charge < -0.3 is 14.6 Å². The number of amides is 1. The third-order valence-corrected chi connectivity index (χ3v) is 2.15. The summed E-state index contributed by atoms with van der Waals surface area (Å²) >= 11 is 0. The lowest BCUT2D eigenvalue weighted by Crippen LogP contribution is -2.32. The Morgan fingerprint density at radius 2 is 2.17 bits per heavy atom. The molecule has 0 bridgehead atoms. The van der Waals surface area contributed by atoms with Crippen molar-refractivity contribution in [1.29, 1.82) is 0 Å². The first-order valence-corrected chi connectivity index (χ1v) is 6.25. The van der Waals surface area contributed by atoms with E-state index in [0.29, 0.717) is 12.5 Å². The molecular weight excluding hydrogens is 230 g/mol. The van der Waals surface area contributed by atoms with Gasteiger partial charge in [0.25, 0.3) is 0 Å². The molecule has 0 aliphatic rings. The number of rotatable bonds is 4. The lowest BCUT2D eigenvalue weighted by Gasteiger charge is -2.19. The number of imidazole rings is 1. The Morgan fingerprint density at radius 3 is 2.72 bits per heavy atom. The fraction of sp³-hybridized carbons (Fsp3) is 0.692. The van der Waals surface area contributed by atoms with Crippen LogP contribution >= 0.6 is 0 Å². The molecule has 0 unspecified atom stereocenters. The number of hydrogen-bond acceptors (Lipinski definition) is 3. The van der Waals surface area contributed by atoms with Crippen molar-refractivity contribution >= 4 is 6.09 Å². The highest BCUT2D eigenvalue weighted by Crippen LogP contribution is 2.07. The number of aromatic nitrogens is 2. The summed E-state index contributed by atoms with van der Waals surface area (Å²) in [6.45, 7) is 11.1. The van der Waals surface area contributed by atoms with E-state index in [0.717, 1.165) is 12.4 Å². The molecule has 5 heteroatoms. The molecule has 1 N–H and O–H groups in total. The molecule has 1 aromatic heterocycles. The molecule has 1 heterocycles. The molecule has 5 nitrogen and oxygen atoms in total. The van der Waals surface area contributed by atoms with E-state index >= 15 is 0 Å². The van der Waals surface area contributed by atoms with Gasteiger partial charge >= 0.3 is 6.09 Å². The second kappa shape index (κ2) is 5.89. The van der Waals surface area contributed by atoms with Crippen LogP contribution in [0.15, 0.2) is 12.4 Å². The third-order valence-electron chi connectivity index (χ3n) is 2.15. The molecule has 0 atom stereocenters. The minimum absolute atomic E-state index is 0.384. The maximum atomic E-state index is 11.5. The maximum Gasteiger partial charge on any atom is 0.408 e. The van der Waals surface area contributed by atoms with Crippen LogP contribution in [0, 0.1) is 5.92 Å². The van der Waals surface area contributed by atoms with Crippen molar-refractivity contribution in [2.45, 2.75) is 53.3 Å². The SMILES string of the molecule is CC(C)Cn1ccnc1CNC(=O)OC(C)(C)C. The van der Waals surface area contributed by atoms with E-state index in [-0.39, 0.29) is 0 Å². The molecule has 18 heavy (non-hydrogen) atoms. The zero-order valence-corrected chi connectivity index (χ0v) is 11.9. The van der Waals surface area contributed by atoms with E-state index in [2.05, 4.69) is 24.1 Å². The molecule has 0 aliphatic carbocycles. The van der Waals surface area contributed by atoms with Gasteiger partial charge in [-0.1, -0.05) is 13.8 Å². The predicted molar refractivity (Wildman–Crippen MR) is 70.1 cm³/mol. The zero-order chi connectivity index (χ0) is 13.8. The molecule has 0 fully saturated rings. The lowest BCUT2D eigenvalue weighted by atomic mass is 10.2. The van der Waals surface area contributed by atoms with Gasteiger partial charge in [0, 0.05) is 18.9 Å². The van der Waals surface area contributed by atoms with Gasteiger partial charge in [-0.2, -0.15) is 0 Å². The molecule has 0 saturated heterocycles. The molecule has 0 spiro atoms. The second-order valence-electron chi connectivity index (χ2n) is 5.75. The molecule has 102 valence electrons. The minimum Gasteiger partial charge on any atom is -0.444 e. The van der Waals surface area contributed by atoms with E-state index in [4.69, 9.17) is 4.74 Å². The van der Waals surface area contributed by atoms with Gasteiger partial charge in [-0.15, -0.1) is 0 Å². The molecular formula is C13H23N3O2. The summed E-state index contributed by atoms with van der Waals surface area (Å²) in [5, 5.41) is 2.71. The summed E-state index contributed by atoms with van der Waals surface area (Å²) in [4.78, 5) is 15.7. The van der Waals surface area contributed by atoms with E-state index in [1.54, 1.807) is 6.20 Å². The molecule has 0 saturated carbocycles. The van der Waals surface area contributed by atoms with Crippen LogP contribution < -0.4 is 5.32 Å². The number of nitrogens with one attached hydrogen (secondary N) is 1. The number of carbonyl (C=O) groups is 1. The molecule has 1 rings (SSSR count). The molecule has 0 aromatic carbocycles. The molecule has 1 aromatic rings. The number of carbonyl (C=O) groups excluding carboxylic acids is 1. The fourth-order valence-corrected chi connectivity index (χ4v) is 1.53. The summed E-state index contributed by atoms with van der Waals surface area (Å²) in [5.41, 5.74) is -0.475. The van der Waals surface area contributed by atoms with Crippen LogP contribution in [0.2, 0.25) is 0 Å². The summed E-state index contributed by atoms with van der Waals surface area (Å²) in [5.74, 6) is 1.38. The van der Waals surface area contributed by atoms with Crippen LogP contribution in [0.25, 0.3) is 0 Å². The number of ether oxygens (including phenoxy) is 1. The van der Waals surface area contributed by atoms with Gasteiger partial charge in [0.2, 0.25) is 0 Å². The van der Waals surface area contributed by atoms with Crippen LogP contribution in [-0.4, -0.2) is 21.2 Å². The van der Waals surface area contributed by atoms with Gasteiger partial charge in [0.1, 0.15) is 11.4 Å². The largest absolute Gasteiger partial charge is 0.444 e. The summed E-state index contributed by atoms with van der Waals surface area (Å²) < 4.78 is 7.21. The van der Waals surface area contributed by atoms with E-state index in [9.17, 15) is 4.79 Å². The Kier molecular flexibility index (Phi) is 4.76. The average Bonchev–Trinajstić information content (AvgIpc) is 2.58. The zero-order valence-electron chi connectivity index (χ0n) is 11.9. The lowest BCUT2D eigenvalue weighted by molar-refractivity contribution is 0.0521. The fourth-order valence-electron chi connectivity index (χ4n) is 1.53. The van der Waals surface area contributed by atoms with Crippen molar-refractivity contribution in [2.24, 2.45) is 5.92 Å². The van der Waals surface area contributed by atoms with Gasteiger partial charge in [0.15, 0.2) is 0 Å². The van der Waals surface area contributed by atoms with Crippen LogP contribution in [0.5, 0.6) is 0 Å².